The molecule has 14 heavy (non-hydrogen) atoms. The summed E-state index contributed by atoms with van der Waals surface area (Å²) in [6.45, 7) is 7.20. The van der Waals surface area contributed by atoms with Gasteiger partial charge in [0, 0.05) is 18.1 Å². The minimum atomic E-state index is 0.736. The highest BCUT2D eigenvalue weighted by Crippen LogP contribution is 2.21. The largest absolute Gasteiger partial charge is 0.311 e. The van der Waals surface area contributed by atoms with Crippen LogP contribution in [-0.4, -0.2) is 36.1 Å². The third kappa shape index (κ3) is 2.48. The first kappa shape index (κ1) is 10.4. The molecule has 0 bridgehead atoms. The van der Waals surface area contributed by atoms with Crippen LogP contribution in [0.15, 0.2) is 0 Å². The van der Waals surface area contributed by atoms with Gasteiger partial charge in [0.05, 0.1) is 0 Å². The van der Waals surface area contributed by atoms with Crippen molar-refractivity contribution in [3.63, 3.8) is 0 Å². The second kappa shape index (κ2) is 4.63. The van der Waals surface area contributed by atoms with Gasteiger partial charge < -0.3 is 10.2 Å². The lowest BCUT2D eigenvalue weighted by Crippen LogP contribution is -2.49. The second-order valence-corrected chi connectivity index (χ2v) is 5.20. The van der Waals surface area contributed by atoms with Crippen LogP contribution in [0.25, 0.3) is 0 Å². The fourth-order valence-corrected chi connectivity index (χ4v) is 2.49. The predicted octanol–water partition coefficient (Wildman–Crippen LogP) is 2.00. The SMILES string of the molecule is CC(C)N1CCC(NC2CCC2)CC1. The number of nitrogens with one attached hydrogen (secondary N) is 1. The maximum absolute atomic E-state index is 3.79. The van der Waals surface area contributed by atoms with Crippen molar-refractivity contribution in [1.29, 1.82) is 0 Å². The quantitative estimate of drug-likeness (QED) is 0.743. The number of likely N-dealkylation sites (tertiary alicyclic amines) is 1. The minimum Gasteiger partial charge on any atom is -0.311 e. The highest BCUT2D eigenvalue weighted by atomic mass is 15.2. The molecule has 1 N–H and O–H groups in total. The van der Waals surface area contributed by atoms with E-state index in [0.29, 0.717) is 0 Å². The third-order valence-corrected chi connectivity index (χ3v) is 3.84. The summed E-state index contributed by atoms with van der Waals surface area (Å²) in [6.07, 6.45) is 7.00. The fourth-order valence-electron chi connectivity index (χ4n) is 2.49. The van der Waals surface area contributed by atoms with E-state index in [-0.39, 0.29) is 0 Å². The van der Waals surface area contributed by atoms with Crippen molar-refractivity contribution in [2.75, 3.05) is 13.1 Å². The van der Waals surface area contributed by atoms with Crippen molar-refractivity contribution in [1.82, 2.24) is 10.2 Å². The summed E-state index contributed by atoms with van der Waals surface area (Å²) in [5.74, 6) is 0. The zero-order valence-corrected chi connectivity index (χ0v) is 9.63. The molecule has 2 nitrogen and oxygen atoms in total. The Morgan fingerprint density at radius 1 is 1.00 bits per heavy atom. The summed E-state index contributed by atoms with van der Waals surface area (Å²) >= 11 is 0. The molecule has 2 fully saturated rings. The Balaban J connectivity index is 1.67. The Labute approximate surface area is 88.1 Å². The first-order chi connectivity index (χ1) is 6.75. The van der Waals surface area contributed by atoms with E-state index in [2.05, 4.69) is 24.1 Å². The van der Waals surface area contributed by atoms with Crippen molar-refractivity contribution in [2.45, 2.75) is 64.1 Å². The molecule has 0 radical (unpaired) electrons. The normalized spacial score (nSPS) is 26.8. The predicted molar refractivity (Wildman–Crippen MR) is 60.5 cm³/mol. The Kier molecular flexibility index (Phi) is 3.45. The highest BCUT2D eigenvalue weighted by Gasteiger charge is 2.25. The van der Waals surface area contributed by atoms with Crippen molar-refractivity contribution in [3.8, 4) is 0 Å². The molecule has 2 heteroatoms. The lowest BCUT2D eigenvalue weighted by Gasteiger charge is -2.38. The van der Waals surface area contributed by atoms with Gasteiger partial charge in [-0.1, -0.05) is 6.42 Å². The molecule has 0 aromatic heterocycles. The van der Waals surface area contributed by atoms with E-state index < -0.39 is 0 Å². The molecule has 0 atom stereocenters. The van der Waals surface area contributed by atoms with Gasteiger partial charge in [-0.15, -0.1) is 0 Å². The van der Waals surface area contributed by atoms with Crippen LogP contribution in [0.2, 0.25) is 0 Å². The maximum atomic E-state index is 3.79. The molecule has 0 spiro atoms. The van der Waals surface area contributed by atoms with Gasteiger partial charge in [0.2, 0.25) is 0 Å². The fraction of sp³-hybridized carbons (Fsp3) is 1.00. The maximum Gasteiger partial charge on any atom is 0.00940 e. The van der Waals surface area contributed by atoms with Crippen LogP contribution in [-0.2, 0) is 0 Å². The summed E-state index contributed by atoms with van der Waals surface area (Å²) in [7, 11) is 0. The zero-order valence-electron chi connectivity index (χ0n) is 9.63. The molecule has 1 aliphatic carbocycles. The summed E-state index contributed by atoms with van der Waals surface area (Å²) < 4.78 is 0. The van der Waals surface area contributed by atoms with E-state index in [9.17, 15) is 0 Å². The van der Waals surface area contributed by atoms with Gasteiger partial charge in [-0.05, 0) is 52.6 Å². The van der Waals surface area contributed by atoms with Gasteiger partial charge in [-0.25, -0.2) is 0 Å². The van der Waals surface area contributed by atoms with Crippen LogP contribution in [0.1, 0.15) is 46.0 Å². The molecule has 0 amide bonds. The van der Waals surface area contributed by atoms with Crippen LogP contribution in [0.4, 0.5) is 0 Å². The van der Waals surface area contributed by atoms with Crippen LogP contribution in [0, 0.1) is 0 Å². The lowest BCUT2D eigenvalue weighted by atomic mass is 9.91. The Morgan fingerprint density at radius 3 is 2.00 bits per heavy atom. The lowest BCUT2D eigenvalue weighted by molar-refractivity contribution is 0.148. The second-order valence-electron chi connectivity index (χ2n) is 5.20. The van der Waals surface area contributed by atoms with Crippen LogP contribution in [0.5, 0.6) is 0 Å². The molecule has 2 aliphatic rings. The van der Waals surface area contributed by atoms with Gasteiger partial charge in [-0.3, -0.25) is 0 Å². The van der Waals surface area contributed by atoms with Gasteiger partial charge in [-0.2, -0.15) is 0 Å². The molecule has 82 valence electrons. The topological polar surface area (TPSA) is 15.3 Å². The molecule has 1 saturated heterocycles. The average Bonchev–Trinajstić information content (AvgIpc) is 2.12. The Hall–Kier alpha value is -0.0800. The molecule has 0 aromatic carbocycles. The third-order valence-electron chi connectivity index (χ3n) is 3.84. The van der Waals surface area contributed by atoms with E-state index in [4.69, 9.17) is 0 Å². The summed E-state index contributed by atoms with van der Waals surface area (Å²) in [4.78, 5) is 2.60. The number of piperidine rings is 1. The van der Waals surface area contributed by atoms with E-state index in [1.54, 1.807) is 0 Å². The zero-order chi connectivity index (χ0) is 9.97. The van der Waals surface area contributed by atoms with Crippen LogP contribution in [0.3, 0.4) is 0 Å². The first-order valence-electron chi connectivity index (χ1n) is 6.26. The molecule has 0 aromatic rings. The van der Waals surface area contributed by atoms with E-state index in [1.165, 1.54) is 45.2 Å². The number of nitrogens with zero attached hydrogens (tertiary/aromatic N) is 1. The van der Waals surface area contributed by atoms with Crippen molar-refractivity contribution in [3.05, 3.63) is 0 Å². The van der Waals surface area contributed by atoms with Crippen LogP contribution >= 0.6 is 0 Å². The van der Waals surface area contributed by atoms with Gasteiger partial charge in [0.25, 0.3) is 0 Å². The molecular formula is C12H24N2. The number of hydrogen-bond donors (Lipinski definition) is 1. The van der Waals surface area contributed by atoms with Crippen LogP contribution < -0.4 is 5.32 Å². The minimum absolute atomic E-state index is 0.736. The summed E-state index contributed by atoms with van der Waals surface area (Å²) in [5.41, 5.74) is 0. The Bertz CT molecular complexity index is 167. The van der Waals surface area contributed by atoms with Gasteiger partial charge >= 0.3 is 0 Å². The van der Waals surface area contributed by atoms with E-state index in [1.807, 2.05) is 0 Å². The Morgan fingerprint density at radius 2 is 1.57 bits per heavy atom. The molecule has 1 heterocycles. The molecule has 0 unspecified atom stereocenters. The molecule has 1 saturated carbocycles. The first-order valence-corrected chi connectivity index (χ1v) is 6.26. The molecular weight excluding hydrogens is 172 g/mol. The number of hydrogen-bond acceptors (Lipinski definition) is 2. The highest BCUT2D eigenvalue weighted by molar-refractivity contribution is 4.84. The summed E-state index contributed by atoms with van der Waals surface area (Å²) in [5, 5.41) is 3.79. The monoisotopic (exact) mass is 196 g/mol. The number of rotatable bonds is 3. The standard InChI is InChI=1S/C12H24N2/c1-10(2)14-8-6-12(7-9-14)13-11-4-3-5-11/h10-13H,3-9H2,1-2H3. The van der Waals surface area contributed by atoms with E-state index in [0.717, 1.165) is 18.1 Å². The van der Waals surface area contributed by atoms with E-state index >= 15 is 0 Å². The van der Waals surface area contributed by atoms with Crippen molar-refractivity contribution in [2.24, 2.45) is 0 Å². The average molecular weight is 196 g/mol. The molecule has 2 rings (SSSR count). The smallest absolute Gasteiger partial charge is 0.00940 e. The van der Waals surface area contributed by atoms with Gasteiger partial charge in [0.15, 0.2) is 0 Å². The molecule has 1 aliphatic heterocycles. The summed E-state index contributed by atoms with van der Waals surface area (Å²) in [6, 6.07) is 2.42. The van der Waals surface area contributed by atoms with Crippen molar-refractivity contribution >= 4 is 0 Å². The van der Waals surface area contributed by atoms with Gasteiger partial charge in [0.1, 0.15) is 0 Å². The van der Waals surface area contributed by atoms with Crippen molar-refractivity contribution < 1.29 is 0 Å².